The normalized spacial score (nSPS) is 13.7. The van der Waals surface area contributed by atoms with Crippen LogP contribution in [0.15, 0.2) is 30.3 Å². The molecule has 2 amide bonds. The number of nitrogen functional groups attached to an aromatic ring is 1. The molecule has 2 aromatic carbocycles. The molecule has 242 valence electrons. The maximum absolute atomic E-state index is 13.4. The van der Waals surface area contributed by atoms with Gasteiger partial charge < -0.3 is 35.6 Å². The molecule has 14 heteroatoms. The second kappa shape index (κ2) is 14.2. The number of benzene rings is 2. The van der Waals surface area contributed by atoms with Crippen molar-refractivity contribution in [1.29, 1.82) is 5.26 Å². The maximum Gasteiger partial charge on any atom is 0.276 e. The Hall–Kier alpha value is -5.29. The van der Waals surface area contributed by atoms with Gasteiger partial charge in [0.25, 0.3) is 5.91 Å². The van der Waals surface area contributed by atoms with Crippen LogP contribution in [-0.4, -0.2) is 64.6 Å². The van der Waals surface area contributed by atoms with Crippen molar-refractivity contribution in [1.82, 2.24) is 19.3 Å². The molecule has 0 bridgehead atoms. The topological polar surface area (TPSA) is 197 Å². The van der Waals surface area contributed by atoms with Crippen molar-refractivity contribution in [3.63, 3.8) is 0 Å². The standard InChI is InChI=1S/C32H39N9O5/c1-4-40-25(12-19(2)39-40)31(43)38-32-37-24-13-20(17-33)14-27-29(24)41(32)22(18-46-27)8-5-6-9-36-28-23(34)15-21(30(35)42)16-26(28)45-11-7-10-44-3/h12-16,22,36H,4-11,18,34H2,1-3H3,(H2,35,42)(H,37,38,43)/t22-/m0/s1. The lowest BCUT2D eigenvalue weighted by molar-refractivity contribution is 0.0995. The summed E-state index contributed by atoms with van der Waals surface area (Å²) in [6.45, 7) is 6.20. The number of unbranched alkanes of at least 4 members (excludes halogenated alkanes) is 1. The molecule has 3 heterocycles. The number of carbonyl (C=O) groups is 2. The molecule has 0 fully saturated rings. The molecule has 14 nitrogen and oxygen atoms in total. The molecular formula is C32H39N9O5. The SMILES string of the molecule is CCn1nc(C)cc1C(=O)Nc1nc2cc(C#N)cc3c2n1[C@@H](CCCCNc1c(N)cc(C(N)=O)cc1OCCCOC)CO3. The van der Waals surface area contributed by atoms with Crippen molar-refractivity contribution in [2.75, 3.05) is 49.8 Å². The Labute approximate surface area is 266 Å². The largest absolute Gasteiger partial charge is 0.491 e. The number of methoxy groups -OCH3 is 1. The molecule has 2 aromatic heterocycles. The second-order valence-electron chi connectivity index (χ2n) is 11.1. The molecule has 4 aromatic rings. The molecule has 1 aliphatic rings. The summed E-state index contributed by atoms with van der Waals surface area (Å²) in [6, 6.07) is 10.3. The van der Waals surface area contributed by atoms with E-state index in [0.29, 0.717) is 84.9 Å². The smallest absolute Gasteiger partial charge is 0.276 e. The molecule has 1 aliphatic heterocycles. The Bertz CT molecular complexity index is 1790. The van der Waals surface area contributed by atoms with E-state index in [-0.39, 0.29) is 17.5 Å². The zero-order chi connectivity index (χ0) is 32.8. The zero-order valence-corrected chi connectivity index (χ0v) is 26.3. The molecular weight excluding hydrogens is 590 g/mol. The van der Waals surface area contributed by atoms with Crippen LogP contribution >= 0.6 is 0 Å². The number of carbonyl (C=O) groups excluding carboxylic acids is 2. The van der Waals surface area contributed by atoms with Crippen LogP contribution in [0.3, 0.4) is 0 Å². The molecule has 0 aliphatic carbocycles. The van der Waals surface area contributed by atoms with Gasteiger partial charge in [0, 0.05) is 44.9 Å². The monoisotopic (exact) mass is 629 g/mol. The van der Waals surface area contributed by atoms with Crippen LogP contribution in [0.5, 0.6) is 11.5 Å². The first-order chi connectivity index (χ1) is 22.2. The first-order valence-electron chi connectivity index (χ1n) is 15.3. The summed E-state index contributed by atoms with van der Waals surface area (Å²) in [4.78, 5) is 29.9. The highest BCUT2D eigenvalue weighted by molar-refractivity contribution is 6.03. The number of aromatic nitrogens is 4. The number of nitrogens with one attached hydrogen (secondary N) is 2. The number of hydrogen-bond donors (Lipinski definition) is 4. The summed E-state index contributed by atoms with van der Waals surface area (Å²) in [6.07, 6.45) is 3.00. The van der Waals surface area contributed by atoms with Crippen molar-refractivity contribution in [3.8, 4) is 17.6 Å². The van der Waals surface area contributed by atoms with Gasteiger partial charge in [-0.05, 0) is 57.4 Å². The summed E-state index contributed by atoms with van der Waals surface area (Å²) in [5.41, 5.74) is 15.9. The fourth-order valence-corrected chi connectivity index (χ4v) is 5.61. The third-order valence-corrected chi connectivity index (χ3v) is 7.77. The van der Waals surface area contributed by atoms with Crippen molar-refractivity contribution in [2.24, 2.45) is 5.73 Å². The van der Waals surface area contributed by atoms with E-state index >= 15 is 0 Å². The predicted octanol–water partition coefficient (Wildman–Crippen LogP) is 4.00. The number of amides is 2. The lowest BCUT2D eigenvalue weighted by Crippen LogP contribution is -2.26. The highest BCUT2D eigenvalue weighted by Gasteiger charge is 2.29. The Balaban J connectivity index is 1.30. The van der Waals surface area contributed by atoms with Crippen LogP contribution in [0, 0.1) is 18.3 Å². The van der Waals surface area contributed by atoms with Crippen molar-refractivity contribution in [3.05, 3.63) is 52.8 Å². The van der Waals surface area contributed by atoms with E-state index in [1.54, 1.807) is 36.1 Å². The molecule has 0 spiro atoms. The van der Waals surface area contributed by atoms with E-state index in [9.17, 15) is 14.9 Å². The molecule has 5 rings (SSSR count). The Morgan fingerprint density at radius 3 is 2.74 bits per heavy atom. The van der Waals surface area contributed by atoms with E-state index in [2.05, 4.69) is 21.8 Å². The molecule has 0 saturated heterocycles. The third-order valence-electron chi connectivity index (χ3n) is 7.77. The van der Waals surface area contributed by atoms with Gasteiger partial charge >= 0.3 is 0 Å². The molecule has 0 radical (unpaired) electrons. The molecule has 1 atom stereocenters. The van der Waals surface area contributed by atoms with Crippen LogP contribution in [0.2, 0.25) is 0 Å². The number of nitriles is 1. The first kappa shape index (κ1) is 32.1. The number of nitrogens with zero attached hydrogens (tertiary/aromatic N) is 5. The number of ether oxygens (including phenoxy) is 3. The summed E-state index contributed by atoms with van der Waals surface area (Å²) in [7, 11) is 1.62. The predicted molar refractivity (Wildman–Crippen MR) is 173 cm³/mol. The van der Waals surface area contributed by atoms with Gasteiger partial charge in [0.15, 0.2) is 0 Å². The van der Waals surface area contributed by atoms with Gasteiger partial charge in [-0.15, -0.1) is 0 Å². The van der Waals surface area contributed by atoms with Gasteiger partial charge in [0.2, 0.25) is 11.9 Å². The number of rotatable bonds is 15. The summed E-state index contributed by atoms with van der Waals surface area (Å²) >= 11 is 0. The van der Waals surface area contributed by atoms with Gasteiger partial charge in [-0.1, -0.05) is 0 Å². The maximum atomic E-state index is 13.4. The van der Waals surface area contributed by atoms with Crippen LogP contribution in [0.1, 0.15) is 70.8 Å². The summed E-state index contributed by atoms with van der Waals surface area (Å²) in [5, 5.41) is 20.3. The van der Waals surface area contributed by atoms with E-state index < -0.39 is 5.91 Å². The van der Waals surface area contributed by atoms with Gasteiger partial charge in [-0.2, -0.15) is 10.4 Å². The van der Waals surface area contributed by atoms with Crippen molar-refractivity contribution >= 4 is 40.2 Å². The fourth-order valence-electron chi connectivity index (χ4n) is 5.61. The minimum absolute atomic E-state index is 0.113. The Kier molecular flexibility index (Phi) is 9.92. The summed E-state index contributed by atoms with van der Waals surface area (Å²) < 4.78 is 20.8. The molecule has 6 N–H and O–H groups in total. The fraction of sp³-hybridized carbons (Fsp3) is 0.406. The Morgan fingerprint density at radius 1 is 1.17 bits per heavy atom. The van der Waals surface area contributed by atoms with Gasteiger partial charge in [-0.3, -0.25) is 19.6 Å². The van der Waals surface area contributed by atoms with Crippen LogP contribution in [0.4, 0.5) is 17.3 Å². The number of aryl methyl sites for hydroxylation is 2. The van der Waals surface area contributed by atoms with E-state index in [0.717, 1.165) is 30.5 Å². The second-order valence-corrected chi connectivity index (χ2v) is 11.1. The van der Waals surface area contributed by atoms with Gasteiger partial charge in [0.1, 0.15) is 35.0 Å². The average Bonchev–Trinajstić information content (AvgIpc) is 3.61. The lowest BCUT2D eigenvalue weighted by Gasteiger charge is -2.27. The summed E-state index contributed by atoms with van der Waals surface area (Å²) in [5.74, 6) is 0.505. The number of hydrogen-bond acceptors (Lipinski definition) is 10. The Morgan fingerprint density at radius 2 is 2.00 bits per heavy atom. The first-order valence-corrected chi connectivity index (χ1v) is 15.3. The average molecular weight is 630 g/mol. The van der Waals surface area contributed by atoms with E-state index in [1.807, 2.05) is 18.4 Å². The molecule has 0 unspecified atom stereocenters. The number of nitrogens with two attached hydrogens (primary N) is 2. The lowest BCUT2D eigenvalue weighted by atomic mass is 10.1. The van der Waals surface area contributed by atoms with Crippen LogP contribution in [0.25, 0.3) is 11.0 Å². The van der Waals surface area contributed by atoms with E-state index in [4.69, 9.17) is 30.7 Å². The van der Waals surface area contributed by atoms with E-state index in [1.165, 1.54) is 6.07 Å². The highest BCUT2D eigenvalue weighted by atomic mass is 16.5. The number of imidazole rings is 1. The van der Waals surface area contributed by atoms with Gasteiger partial charge in [-0.25, -0.2) is 4.98 Å². The minimum atomic E-state index is -0.588. The van der Waals surface area contributed by atoms with Crippen molar-refractivity contribution in [2.45, 2.75) is 52.1 Å². The highest BCUT2D eigenvalue weighted by Crippen LogP contribution is 2.39. The quantitative estimate of drug-likeness (QED) is 0.110. The van der Waals surface area contributed by atoms with Crippen LogP contribution in [-0.2, 0) is 11.3 Å². The third kappa shape index (κ3) is 6.84. The minimum Gasteiger partial charge on any atom is -0.491 e. The van der Waals surface area contributed by atoms with Gasteiger partial charge in [0.05, 0.1) is 41.2 Å². The zero-order valence-electron chi connectivity index (χ0n) is 26.3. The van der Waals surface area contributed by atoms with Crippen molar-refractivity contribution < 1.29 is 23.8 Å². The number of anilines is 3. The number of primary amides is 1. The molecule has 0 saturated carbocycles. The molecule has 46 heavy (non-hydrogen) atoms. The van der Waals surface area contributed by atoms with Crippen LogP contribution < -0.4 is 31.6 Å².